The van der Waals surface area contributed by atoms with Gasteiger partial charge in [-0.3, -0.25) is 4.79 Å². The van der Waals surface area contributed by atoms with E-state index in [1.54, 1.807) is 18.2 Å². The van der Waals surface area contributed by atoms with E-state index in [0.717, 1.165) is 0 Å². The highest BCUT2D eigenvalue weighted by molar-refractivity contribution is 7.89. The van der Waals surface area contributed by atoms with Crippen molar-refractivity contribution in [1.29, 1.82) is 0 Å². The zero-order valence-electron chi connectivity index (χ0n) is 16.5. The molecule has 1 atom stereocenters. The lowest BCUT2D eigenvalue weighted by Crippen LogP contribution is -2.43. The predicted molar refractivity (Wildman–Crippen MR) is 116 cm³/mol. The Bertz CT molecular complexity index is 1050. The van der Waals surface area contributed by atoms with Crippen molar-refractivity contribution in [3.05, 3.63) is 46.4 Å². The molecule has 10 heteroatoms. The van der Waals surface area contributed by atoms with E-state index in [-0.39, 0.29) is 27.4 Å². The Morgan fingerprint density at radius 3 is 2.53 bits per heavy atom. The van der Waals surface area contributed by atoms with E-state index in [4.69, 9.17) is 32.7 Å². The Balaban J connectivity index is 1.76. The van der Waals surface area contributed by atoms with E-state index in [1.165, 1.54) is 36.7 Å². The molecule has 2 aromatic rings. The second-order valence-corrected chi connectivity index (χ2v) is 9.59. The number of halogens is 2. The van der Waals surface area contributed by atoms with Crippen LogP contribution in [0.1, 0.15) is 12.8 Å². The van der Waals surface area contributed by atoms with Crippen molar-refractivity contribution in [2.24, 2.45) is 5.92 Å². The van der Waals surface area contributed by atoms with Gasteiger partial charge in [0.15, 0.2) is 11.5 Å². The summed E-state index contributed by atoms with van der Waals surface area (Å²) in [7, 11) is -0.838. The van der Waals surface area contributed by atoms with Crippen molar-refractivity contribution in [3.63, 3.8) is 0 Å². The minimum atomic E-state index is -3.87. The number of carbonyl (C=O) groups excluding carboxylic acids is 1. The summed E-state index contributed by atoms with van der Waals surface area (Å²) in [4.78, 5) is 12.7. The molecule has 0 bridgehead atoms. The van der Waals surface area contributed by atoms with Crippen LogP contribution in [-0.2, 0) is 14.8 Å². The molecule has 1 aliphatic heterocycles. The smallest absolute Gasteiger partial charge is 0.244 e. The number of anilines is 1. The number of rotatable bonds is 6. The molecular formula is C20H22Cl2N2O5S. The summed E-state index contributed by atoms with van der Waals surface area (Å²) >= 11 is 12.0. The molecule has 162 valence electrons. The van der Waals surface area contributed by atoms with Gasteiger partial charge in [-0.15, -0.1) is 0 Å². The SMILES string of the molecule is COc1ccc(NC(=O)[C@H]2CCCN(S(=O)(=O)c3cc(Cl)ccc3Cl)C2)cc1OC. The van der Waals surface area contributed by atoms with Gasteiger partial charge < -0.3 is 14.8 Å². The van der Waals surface area contributed by atoms with Crippen LogP contribution < -0.4 is 14.8 Å². The van der Waals surface area contributed by atoms with Gasteiger partial charge in [0.2, 0.25) is 15.9 Å². The maximum absolute atomic E-state index is 13.1. The van der Waals surface area contributed by atoms with E-state index in [2.05, 4.69) is 5.32 Å². The largest absolute Gasteiger partial charge is 0.493 e. The highest BCUT2D eigenvalue weighted by Crippen LogP contribution is 2.32. The summed E-state index contributed by atoms with van der Waals surface area (Å²) in [5.41, 5.74) is 0.538. The fraction of sp³-hybridized carbons (Fsp3) is 0.350. The lowest BCUT2D eigenvalue weighted by atomic mass is 9.98. The Labute approximate surface area is 185 Å². The van der Waals surface area contributed by atoms with Crippen LogP contribution in [0.15, 0.2) is 41.3 Å². The third-order valence-corrected chi connectivity index (χ3v) is 7.50. The molecule has 2 aromatic carbocycles. The summed E-state index contributed by atoms with van der Waals surface area (Å²) in [5, 5.41) is 3.20. The number of amides is 1. The van der Waals surface area contributed by atoms with Gasteiger partial charge in [-0.1, -0.05) is 23.2 Å². The molecule has 0 aliphatic carbocycles. The van der Waals surface area contributed by atoms with Crippen LogP contribution in [0.4, 0.5) is 5.69 Å². The van der Waals surface area contributed by atoms with E-state index < -0.39 is 15.9 Å². The van der Waals surface area contributed by atoms with Crippen LogP contribution in [0.25, 0.3) is 0 Å². The molecule has 1 saturated heterocycles. The summed E-state index contributed by atoms with van der Waals surface area (Å²) < 4.78 is 37.8. The number of carbonyl (C=O) groups is 1. The Kier molecular flexibility index (Phi) is 7.13. The number of hydrogen-bond donors (Lipinski definition) is 1. The molecule has 0 saturated carbocycles. The number of ether oxygens (including phenoxy) is 2. The third kappa shape index (κ3) is 4.83. The van der Waals surface area contributed by atoms with Crippen molar-refractivity contribution in [2.45, 2.75) is 17.7 Å². The van der Waals surface area contributed by atoms with Crippen molar-refractivity contribution in [3.8, 4) is 11.5 Å². The molecule has 1 aliphatic rings. The molecule has 1 amide bonds. The van der Waals surface area contributed by atoms with Crippen LogP contribution in [0.5, 0.6) is 11.5 Å². The predicted octanol–water partition coefficient (Wildman–Crippen LogP) is 4.05. The van der Waals surface area contributed by atoms with Crippen LogP contribution in [0.2, 0.25) is 10.0 Å². The number of benzene rings is 2. The van der Waals surface area contributed by atoms with Crippen molar-refractivity contribution in [1.82, 2.24) is 4.31 Å². The zero-order valence-corrected chi connectivity index (χ0v) is 18.9. The van der Waals surface area contributed by atoms with Gasteiger partial charge in [-0.2, -0.15) is 4.31 Å². The molecule has 0 spiro atoms. The van der Waals surface area contributed by atoms with Crippen LogP contribution >= 0.6 is 23.2 Å². The molecule has 7 nitrogen and oxygen atoms in total. The highest BCUT2D eigenvalue weighted by atomic mass is 35.5. The molecule has 3 rings (SSSR count). The van der Waals surface area contributed by atoms with Crippen molar-refractivity contribution < 1.29 is 22.7 Å². The summed E-state index contributed by atoms with van der Waals surface area (Å²) in [6, 6.07) is 9.34. The first-order valence-electron chi connectivity index (χ1n) is 9.24. The molecular weight excluding hydrogens is 451 g/mol. The lowest BCUT2D eigenvalue weighted by molar-refractivity contribution is -0.120. The van der Waals surface area contributed by atoms with Crippen LogP contribution in [0.3, 0.4) is 0 Å². The van der Waals surface area contributed by atoms with Gasteiger partial charge in [0.25, 0.3) is 0 Å². The van der Waals surface area contributed by atoms with E-state index in [1.807, 2.05) is 0 Å². The average molecular weight is 473 g/mol. The van der Waals surface area contributed by atoms with Gasteiger partial charge in [-0.05, 0) is 43.2 Å². The van der Waals surface area contributed by atoms with Gasteiger partial charge in [-0.25, -0.2) is 8.42 Å². The number of nitrogens with zero attached hydrogens (tertiary/aromatic N) is 1. The quantitative estimate of drug-likeness (QED) is 0.685. The first kappa shape index (κ1) is 22.7. The fourth-order valence-corrected chi connectivity index (χ4v) is 5.61. The first-order valence-corrected chi connectivity index (χ1v) is 11.4. The van der Waals surface area contributed by atoms with Gasteiger partial charge in [0.1, 0.15) is 4.90 Å². The molecule has 30 heavy (non-hydrogen) atoms. The first-order chi connectivity index (χ1) is 14.3. The lowest BCUT2D eigenvalue weighted by Gasteiger charge is -2.31. The maximum Gasteiger partial charge on any atom is 0.244 e. The average Bonchev–Trinajstić information content (AvgIpc) is 2.75. The minimum absolute atomic E-state index is 0.0578. The number of sulfonamides is 1. The second-order valence-electron chi connectivity index (χ2n) is 6.84. The molecule has 1 N–H and O–H groups in total. The fourth-order valence-electron chi connectivity index (χ4n) is 3.35. The Morgan fingerprint density at radius 2 is 1.83 bits per heavy atom. The Hall–Kier alpha value is -2.00. The molecule has 0 radical (unpaired) electrons. The van der Waals surface area contributed by atoms with Gasteiger partial charge in [0, 0.05) is 29.9 Å². The number of nitrogens with one attached hydrogen (secondary N) is 1. The maximum atomic E-state index is 13.1. The summed E-state index contributed by atoms with van der Waals surface area (Å²) in [6.45, 7) is 0.371. The van der Waals surface area contributed by atoms with Gasteiger partial charge in [0.05, 0.1) is 25.2 Å². The monoisotopic (exact) mass is 472 g/mol. The van der Waals surface area contributed by atoms with E-state index in [9.17, 15) is 13.2 Å². The standard InChI is InChI=1S/C20H22Cl2N2O5S/c1-28-17-8-6-15(11-18(17)29-2)23-20(25)13-4-3-9-24(12-13)30(26,27)19-10-14(21)5-7-16(19)22/h5-8,10-11,13H,3-4,9,12H2,1-2H3,(H,23,25)/t13-/m0/s1. The highest BCUT2D eigenvalue weighted by Gasteiger charge is 2.34. The zero-order chi connectivity index (χ0) is 21.9. The summed E-state index contributed by atoms with van der Waals surface area (Å²) in [5.74, 6) is 0.265. The molecule has 0 aromatic heterocycles. The third-order valence-electron chi connectivity index (χ3n) is 4.92. The number of methoxy groups -OCH3 is 2. The molecule has 1 fully saturated rings. The number of hydrogen-bond acceptors (Lipinski definition) is 5. The van der Waals surface area contributed by atoms with Crippen molar-refractivity contribution in [2.75, 3.05) is 32.6 Å². The summed E-state index contributed by atoms with van der Waals surface area (Å²) in [6.07, 6.45) is 1.13. The van der Waals surface area contributed by atoms with Crippen LogP contribution in [-0.4, -0.2) is 45.9 Å². The van der Waals surface area contributed by atoms with Gasteiger partial charge >= 0.3 is 0 Å². The Morgan fingerprint density at radius 1 is 1.10 bits per heavy atom. The van der Waals surface area contributed by atoms with E-state index in [0.29, 0.717) is 36.6 Å². The van der Waals surface area contributed by atoms with Crippen molar-refractivity contribution >= 4 is 44.8 Å². The van der Waals surface area contributed by atoms with E-state index >= 15 is 0 Å². The minimum Gasteiger partial charge on any atom is -0.493 e. The normalized spacial score (nSPS) is 17.4. The van der Waals surface area contributed by atoms with Crippen LogP contribution in [0, 0.1) is 5.92 Å². The topological polar surface area (TPSA) is 84.9 Å². The second kappa shape index (κ2) is 9.43. The molecule has 0 unspecified atom stereocenters. The molecule has 1 heterocycles. The number of piperidine rings is 1.